The summed E-state index contributed by atoms with van der Waals surface area (Å²) < 4.78 is 5.48. The first-order valence-corrected chi connectivity index (χ1v) is 5.98. The van der Waals surface area contributed by atoms with Gasteiger partial charge in [-0.2, -0.15) is 0 Å². The largest absolute Gasteiger partial charge is 0.456 e. The molecule has 3 atom stereocenters. The van der Waals surface area contributed by atoms with E-state index in [4.69, 9.17) is 4.74 Å². The van der Waals surface area contributed by atoms with Crippen molar-refractivity contribution < 1.29 is 9.53 Å². The highest BCUT2D eigenvalue weighted by atomic mass is 16.6. The van der Waals surface area contributed by atoms with Crippen molar-refractivity contribution in [2.24, 2.45) is 11.8 Å². The van der Waals surface area contributed by atoms with Crippen molar-refractivity contribution in [2.75, 3.05) is 0 Å². The van der Waals surface area contributed by atoms with Crippen molar-refractivity contribution in [3.63, 3.8) is 0 Å². The minimum absolute atomic E-state index is 0.225. The Hall–Kier alpha value is -0.790. The summed E-state index contributed by atoms with van der Waals surface area (Å²) in [6.07, 6.45) is 8.64. The molecule has 0 aromatic heterocycles. The molecule has 84 valence electrons. The molecule has 2 aliphatic rings. The summed E-state index contributed by atoms with van der Waals surface area (Å²) in [5.41, 5.74) is -0.225. The first-order chi connectivity index (χ1) is 7.13. The molecule has 0 saturated heterocycles. The zero-order chi connectivity index (χ0) is 10.9. The number of ether oxygens (including phenoxy) is 1. The molecule has 2 aliphatic carbocycles. The highest BCUT2D eigenvalue weighted by molar-refractivity contribution is 5.81. The van der Waals surface area contributed by atoms with E-state index in [1.807, 2.05) is 0 Å². The van der Waals surface area contributed by atoms with Gasteiger partial charge in [0, 0.05) is 6.08 Å². The van der Waals surface area contributed by atoms with Crippen LogP contribution in [0.3, 0.4) is 0 Å². The van der Waals surface area contributed by atoms with E-state index in [0.717, 1.165) is 24.7 Å². The quantitative estimate of drug-likeness (QED) is 0.515. The maximum absolute atomic E-state index is 11.2. The average molecular weight is 208 g/mol. The van der Waals surface area contributed by atoms with Crippen LogP contribution in [-0.2, 0) is 9.53 Å². The Labute approximate surface area is 91.7 Å². The van der Waals surface area contributed by atoms with Gasteiger partial charge in [-0.3, -0.25) is 0 Å². The SMILES string of the molecule is C=CC(=O)OC1(C)CCC2CCCC2C1. The van der Waals surface area contributed by atoms with E-state index in [1.165, 1.54) is 31.8 Å². The fraction of sp³-hybridized carbons (Fsp3) is 0.769. The molecule has 0 bridgehead atoms. The molecule has 0 amide bonds. The minimum Gasteiger partial charge on any atom is -0.456 e. The fourth-order valence-electron chi connectivity index (χ4n) is 3.29. The van der Waals surface area contributed by atoms with Gasteiger partial charge >= 0.3 is 5.97 Å². The smallest absolute Gasteiger partial charge is 0.330 e. The van der Waals surface area contributed by atoms with Crippen molar-refractivity contribution in [2.45, 2.75) is 51.0 Å². The normalized spacial score (nSPS) is 39.5. The fourth-order valence-corrected chi connectivity index (χ4v) is 3.29. The number of carbonyl (C=O) groups is 1. The summed E-state index contributed by atoms with van der Waals surface area (Å²) in [6, 6.07) is 0. The Morgan fingerprint density at radius 3 is 2.87 bits per heavy atom. The number of hydrogen-bond donors (Lipinski definition) is 0. The second kappa shape index (κ2) is 3.99. The summed E-state index contributed by atoms with van der Waals surface area (Å²) in [4.78, 5) is 11.2. The Morgan fingerprint density at radius 1 is 1.40 bits per heavy atom. The molecule has 0 N–H and O–H groups in total. The molecule has 0 spiro atoms. The Kier molecular flexibility index (Phi) is 2.85. The van der Waals surface area contributed by atoms with E-state index < -0.39 is 0 Å². The molecule has 2 saturated carbocycles. The van der Waals surface area contributed by atoms with Crippen LogP contribution in [0.1, 0.15) is 45.4 Å². The van der Waals surface area contributed by atoms with E-state index in [2.05, 4.69) is 13.5 Å². The lowest BCUT2D eigenvalue weighted by molar-refractivity contribution is -0.157. The summed E-state index contributed by atoms with van der Waals surface area (Å²) in [5, 5.41) is 0. The topological polar surface area (TPSA) is 26.3 Å². The second-order valence-corrected chi connectivity index (χ2v) is 5.27. The van der Waals surface area contributed by atoms with E-state index in [-0.39, 0.29) is 11.6 Å². The summed E-state index contributed by atoms with van der Waals surface area (Å²) in [5.74, 6) is 1.43. The van der Waals surface area contributed by atoms with E-state index in [9.17, 15) is 4.79 Å². The lowest BCUT2D eigenvalue weighted by atomic mass is 9.74. The molecule has 0 radical (unpaired) electrons. The van der Waals surface area contributed by atoms with Gasteiger partial charge in [0.2, 0.25) is 0 Å². The van der Waals surface area contributed by atoms with Gasteiger partial charge in [0.15, 0.2) is 0 Å². The standard InChI is InChI=1S/C13H20O2/c1-3-12(14)15-13(2)8-7-10-5-4-6-11(10)9-13/h3,10-11H,1,4-9H2,2H3. The monoisotopic (exact) mass is 208 g/mol. The van der Waals surface area contributed by atoms with Crippen molar-refractivity contribution >= 4 is 5.97 Å². The number of hydrogen-bond acceptors (Lipinski definition) is 2. The third kappa shape index (κ3) is 2.24. The van der Waals surface area contributed by atoms with Crippen molar-refractivity contribution in [1.29, 1.82) is 0 Å². The lowest BCUT2D eigenvalue weighted by Crippen LogP contribution is -2.38. The predicted octanol–water partition coefficient (Wildman–Crippen LogP) is 3.07. The molecule has 2 rings (SSSR count). The third-order valence-electron chi connectivity index (χ3n) is 4.07. The second-order valence-electron chi connectivity index (χ2n) is 5.27. The molecule has 0 aliphatic heterocycles. The van der Waals surface area contributed by atoms with Crippen molar-refractivity contribution in [3.8, 4) is 0 Å². The molecule has 2 fully saturated rings. The van der Waals surface area contributed by atoms with Gasteiger partial charge < -0.3 is 4.74 Å². The molecular weight excluding hydrogens is 188 g/mol. The van der Waals surface area contributed by atoms with Gasteiger partial charge in [-0.05, 0) is 38.0 Å². The van der Waals surface area contributed by atoms with Crippen LogP contribution in [0, 0.1) is 11.8 Å². The van der Waals surface area contributed by atoms with Gasteiger partial charge in [0.25, 0.3) is 0 Å². The van der Waals surface area contributed by atoms with Crippen LogP contribution in [0.5, 0.6) is 0 Å². The van der Waals surface area contributed by atoms with Crippen LogP contribution >= 0.6 is 0 Å². The molecule has 2 nitrogen and oxygen atoms in total. The Morgan fingerprint density at radius 2 is 2.13 bits per heavy atom. The first-order valence-electron chi connectivity index (χ1n) is 5.98. The summed E-state index contributed by atoms with van der Waals surface area (Å²) >= 11 is 0. The minimum atomic E-state index is -0.269. The van der Waals surface area contributed by atoms with E-state index in [0.29, 0.717) is 0 Å². The van der Waals surface area contributed by atoms with Gasteiger partial charge in [-0.1, -0.05) is 25.8 Å². The summed E-state index contributed by atoms with van der Waals surface area (Å²) in [6.45, 7) is 5.52. The van der Waals surface area contributed by atoms with E-state index in [1.54, 1.807) is 0 Å². The zero-order valence-electron chi connectivity index (χ0n) is 9.50. The van der Waals surface area contributed by atoms with Crippen LogP contribution in [0.2, 0.25) is 0 Å². The lowest BCUT2D eigenvalue weighted by Gasteiger charge is -2.39. The van der Waals surface area contributed by atoms with Crippen molar-refractivity contribution in [1.82, 2.24) is 0 Å². The number of esters is 1. The van der Waals surface area contributed by atoms with Crippen LogP contribution in [0.25, 0.3) is 0 Å². The molecule has 0 heterocycles. The predicted molar refractivity (Wildman–Crippen MR) is 59.4 cm³/mol. The molecule has 0 aromatic carbocycles. The molecule has 2 heteroatoms. The third-order valence-corrected chi connectivity index (χ3v) is 4.07. The van der Waals surface area contributed by atoms with Crippen LogP contribution in [0.15, 0.2) is 12.7 Å². The van der Waals surface area contributed by atoms with Crippen LogP contribution in [0.4, 0.5) is 0 Å². The maximum atomic E-state index is 11.2. The highest BCUT2D eigenvalue weighted by Gasteiger charge is 2.41. The molecule has 3 unspecified atom stereocenters. The van der Waals surface area contributed by atoms with E-state index >= 15 is 0 Å². The maximum Gasteiger partial charge on any atom is 0.330 e. The van der Waals surface area contributed by atoms with Crippen LogP contribution < -0.4 is 0 Å². The average Bonchev–Trinajstić information content (AvgIpc) is 2.63. The zero-order valence-corrected chi connectivity index (χ0v) is 9.50. The van der Waals surface area contributed by atoms with Crippen molar-refractivity contribution in [3.05, 3.63) is 12.7 Å². The van der Waals surface area contributed by atoms with Gasteiger partial charge in [-0.25, -0.2) is 4.79 Å². The Balaban J connectivity index is 1.98. The first kappa shape index (κ1) is 10.7. The van der Waals surface area contributed by atoms with Gasteiger partial charge in [-0.15, -0.1) is 0 Å². The van der Waals surface area contributed by atoms with Gasteiger partial charge in [0.05, 0.1) is 0 Å². The molecule has 0 aromatic rings. The van der Waals surface area contributed by atoms with Gasteiger partial charge in [0.1, 0.15) is 5.60 Å². The molecular formula is C13H20O2. The Bertz CT molecular complexity index is 272. The number of carbonyl (C=O) groups excluding carboxylic acids is 1. The highest BCUT2D eigenvalue weighted by Crippen LogP contribution is 2.46. The number of fused-ring (bicyclic) bond motifs is 1. The summed E-state index contributed by atoms with van der Waals surface area (Å²) in [7, 11) is 0. The number of rotatable bonds is 2. The van der Waals surface area contributed by atoms with Crippen LogP contribution in [-0.4, -0.2) is 11.6 Å². The molecule has 15 heavy (non-hydrogen) atoms.